The Morgan fingerprint density at radius 1 is 1.33 bits per heavy atom. The van der Waals surface area contributed by atoms with Crippen molar-refractivity contribution in [3.63, 3.8) is 0 Å². The maximum atomic E-state index is 12.0. The quantitative estimate of drug-likeness (QED) is 0.753. The number of amides is 1. The Bertz CT molecular complexity index is 256. The van der Waals surface area contributed by atoms with Crippen molar-refractivity contribution >= 4 is 5.91 Å². The average molecular weight is 255 g/mol. The molecule has 1 aliphatic rings. The average Bonchev–Trinajstić information content (AvgIpc) is 2.40. The van der Waals surface area contributed by atoms with Crippen molar-refractivity contribution in [2.24, 2.45) is 11.7 Å². The topological polar surface area (TPSA) is 58.4 Å². The fourth-order valence-corrected chi connectivity index (χ4v) is 2.49. The van der Waals surface area contributed by atoms with Gasteiger partial charge < -0.3 is 16.0 Å². The van der Waals surface area contributed by atoms with Crippen molar-refractivity contribution in [2.45, 2.75) is 51.5 Å². The molecule has 1 rings (SSSR count). The van der Waals surface area contributed by atoms with Gasteiger partial charge in [-0.15, -0.1) is 0 Å². The van der Waals surface area contributed by atoms with E-state index in [9.17, 15) is 4.79 Å². The van der Waals surface area contributed by atoms with E-state index in [1.807, 2.05) is 13.8 Å². The van der Waals surface area contributed by atoms with Gasteiger partial charge in [0, 0.05) is 6.54 Å². The highest BCUT2D eigenvalue weighted by Crippen LogP contribution is 2.19. The van der Waals surface area contributed by atoms with Crippen molar-refractivity contribution in [1.82, 2.24) is 10.2 Å². The summed E-state index contributed by atoms with van der Waals surface area (Å²) in [6, 6.07) is 0. The normalized spacial score (nSPS) is 18.9. The molecule has 0 unspecified atom stereocenters. The Labute approximate surface area is 111 Å². The zero-order valence-electron chi connectivity index (χ0n) is 12.2. The highest BCUT2D eigenvalue weighted by atomic mass is 16.2. The van der Waals surface area contributed by atoms with Crippen LogP contribution in [0.25, 0.3) is 0 Å². The van der Waals surface area contributed by atoms with Gasteiger partial charge in [0.05, 0.1) is 5.54 Å². The Hall–Kier alpha value is -0.610. The van der Waals surface area contributed by atoms with Crippen LogP contribution in [0.5, 0.6) is 0 Å². The summed E-state index contributed by atoms with van der Waals surface area (Å²) < 4.78 is 0. The van der Waals surface area contributed by atoms with Crippen molar-refractivity contribution in [1.29, 1.82) is 0 Å². The van der Waals surface area contributed by atoms with Gasteiger partial charge in [0.25, 0.3) is 0 Å². The summed E-state index contributed by atoms with van der Waals surface area (Å²) in [5, 5.41) is 3.01. The van der Waals surface area contributed by atoms with Crippen LogP contribution in [0.15, 0.2) is 0 Å². The molecule has 0 atom stereocenters. The van der Waals surface area contributed by atoms with E-state index in [4.69, 9.17) is 5.73 Å². The summed E-state index contributed by atoms with van der Waals surface area (Å²) in [7, 11) is 2.17. The number of rotatable bonds is 6. The van der Waals surface area contributed by atoms with Crippen LogP contribution in [-0.4, -0.2) is 43.0 Å². The molecule has 1 saturated heterocycles. The zero-order chi connectivity index (χ0) is 13.6. The summed E-state index contributed by atoms with van der Waals surface area (Å²) in [5.41, 5.74) is 5.38. The van der Waals surface area contributed by atoms with Crippen LogP contribution in [0.2, 0.25) is 0 Å². The van der Waals surface area contributed by atoms with E-state index >= 15 is 0 Å². The van der Waals surface area contributed by atoms with Gasteiger partial charge in [0.15, 0.2) is 0 Å². The molecule has 0 radical (unpaired) electrons. The number of nitrogens with one attached hydrogen (secondary N) is 1. The van der Waals surface area contributed by atoms with E-state index in [1.54, 1.807) is 0 Å². The van der Waals surface area contributed by atoms with Crippen LogP contribution >= 0.6 is 0 Å². The third-order valence-electron chi connectivity index (χ3n) is 4.39. The largest absolute Gasteiger partial charge is 0.354 e. The number of hydrogen-bond donors (Lipinski definition) is 2. The first-order valence-corrected chi connectivity index (χ1v) is 7.27. The third kappa shape index (κ3) is 4.25. The van der Waals surface area contributed by atoms with Crippen LogP contribution in [0, 0.1) is 5.92 Å². The van der Waals surface area contributed by atoms with Crippen molar-refractivity contribution < 1.29 is 4.79 Å². The predicted molar refractivity (Wildman–Crippen MR) is 75.3 cm³/mol. The first-order valence-electron chi connectivity index (χ1n) is 7.27. The molecule has 0 aromatic heterocycles. The summed E-state index contributed by atoms with van der Waals surface area (Å²) in [5.74, 6) is 0.775. The Morgan fingerprint density at radius 2 is 1.89 bits per heavy atom. The highest BCUT2D eigenvalue weighted by Gasteiger charge is 2.29. The second-order valence-electron chi connectivity index (χ2n) is 5.65. The van der Waals surface area contributed by atoms with Gasteiger partial charge in [0.2, 0.25) is 5.91 Å². The molecule has 3 N–H and O–H groups in total. The molecule has 1 aliphatic heterocycles. The van der Waals surface area contributed by atoms with Gasteiger partial charge in [-0.1, -0.05) is 13.8 Å². The number of nitrogens with zero attached hydrogens (tertiary/aromatic N) is 1. The van der Waals surface area contributed by atoms with Gasteiger partial charge in [-0.2, -0.15) is 0 Å². The van der Waals surface area contributed by atoms with Crippen LogP contribution < -0.4 is 11.1 Å². The number of likely N-dealkylation sites (tertiary alicyclic amines) is 1. The fourth-order valence-electron chi connectivity index (χ4n) is 2.49. The first kappa shape index (κ1) is 15.4. The lowest BCUT2D eigenvalue weighted by molar-refractivity contribution is -0.126. The summed E-state index contributed by atoms with van der Waals surface area (Å²) in [6.07, 6.45) is 4.99. The summed E-state index contributed by atoms with van der Waals surface area (Å²) in [6.45, 7) is 7.08. The summed E-state index contributed by atoms with van der Waals surface area (Å²) >= 11 is 0. The predicted octanol–water partition coefficient (Wildman–Crippen LogP) is 1.35. The number of carbonyl (C=O) groups excluding carboxylic acids is 1. The van der Waals surface area contributed by atoms with E-state index in [-0.39, 0.29) is 5.91 Å². The standard InChI is InChI=1S/C14H29N3O/c1-4-14(15,5-2)13(18)16-9-6-12-7-10-17(3)11-8-12/h12H,4-11,15H2,1-3H3,(H,16,18). The maximum absolute atomic E-state index is 12.0. The SMILES string of the molecule is CCC(N)(CC)C(=O)NCCC1CCN(C)CC1. The molecule has 106 valence electrons. The molecule has 4 heteroatoms. The lowest BCUT2D eigenvalue weighted by Gasteiger charge is -2.30. The lowest BCUT2D eigenvalue weighted by Crippen LogP contribution is -2.53. The molecule has 0 aliphatic carbocycles. The minimum absolute atomic E-state index is 0.0143. The molecule has 1 fully saturated rings. The molecule has 0 spiro atoms. The molecule has 0 aromatic carbocycles. The molecule has 1 amide bonds. The van der Waals surface area contributed by atoms with Gasteiger partial charge in [-0.05, 0) is 58.2 Å². The molecule has 0 aromatic rings. The first-order chi connectivity index (χ1) is 8.51. The number of hydrogen-bond acceptors (Lipinski definition) is 3. The van der Waals surface area contributed by atoms with Crippen LogP contribution in [-0.2, 0) is 4.79 Å². The van der Waals surface area contributed by atoms with Crippen LogP contribution in [0.1, 0.15) is 46.0 Å². The molecule has 1 heterocycles. The Balaban J connectivity index is 2.23. The monoisotopic (exact) mass is 255 g/mol. The fraction of sp³-hybridized carbons (Fsp3) is 0.929. The van der Waals surface area contributed by atoms with Gasteiger partial charge in [-0.25, -0.2) is 0 Å². The summed E-state index contributed by atoms with van der Waals surface area (Å²) in [4.78, 5) is 14.3. The molecular formula is C14H29N3O. The third-order valence-corrected chi connectivity index (χ3v) is 4.39. The van der Waals surface area contributed by atoms with Crippen molar-refractivity contribution in [3.05, 3.63) is 0 Å². The molecule has 0 saturated carbocycles. The zero-order valence-corrected chi connectivity index (χ0v) is 12.2. The van der Waals surface area contributed by atoms with E-state index in [0.717, 1.165) is 18.9 Å². The van der Waals surface area contributed by atoms with E-state index < -0.39 is 5.54 Å². The minimum atomic E-state index is -0.674. The Kier molecular flexibility index (Phi) is 6.09. The second kappa shape index (κ2) is 7.10. The van der Waals surface area contributed by atoms with Gasteiger partial charge in [-0.3, -0.25) is 4.79 Å². The van der Waals surface area contributed by atoms with Crippen molar-refractivity contribution in [3.8, 4) is 0 Å². The molecular weight excluding hydrogens is 226 g/mol. The Morgan fingerprint density at radius 3 is 2.39 bits per heavy atom. The van der Waals surface area contributed by atoms with Crippen LogP contribution in [0.3, 0.4) is 0 Å². The number of carbonyl (C=O) groups is 1. The molecule has 18 heavy (non-hydrogen) atoms. The van der Waals surface area contributed by atoms with E-state index in [2.05, 4.69) is 17.3 Å². The van der Waals surface area contributed by atoms with E-state index in [0.29, 0.717) is 12.8 Å². The van der Waals surface area contributed by atoms with Gasteiger partial charge in [0.1, 0.15) is 0 Å². The number of nitrogens with two attached hydrogens (primary N) is 1. The minimum Gasteiger partial charge on any atom is -0.354 e. The molecule has 4 nitrogen and oxygen atoms in total. The highest BCUT2D eigenvalue weighted by molar-refractivity contribution is 5.85. The van der Waals surface area contributed by atoms with Crippen molar-refractivity contribution in [2.75, 3.05) is 26.7 Å². The van der Waals surface area contributed by atoms with Gasteiger partial charge >= 0.3 is 0 Å². The smallest absolute Gasteiger partial charge is 0.240 e. The molecule has 0 bridgehead atoms. The maximum Gasteiger partial charge on any atom is 0.240 e. The lowest BCUT2D eigenvalue weighted by atomic mass is 9.92. The number of piperidine rings is 1. The second-order valence-corrected chi connectivity index (χ2v) is 5.65. The van der Waals surface area contributed by atoms with Crippen LogP contribution in [0.4, 0.5) is 0 Å². The van der Waals surface area contributed by atoms with E-state index in [1.165, 1.54) is 25.9 Å².